The van der Waals surface area contributed by atoms with E-state index in [0.717, 1.165) is 36.8 Å². The molecule has 4 nitrogen and oxygen atoms in total. The molecule has 2 fully saturated rings. The fraction of sp³-hybridized carbons (Fsp3) is 0.833. The molecule has 0 saturated heterocycles. The molecule has 3 atom stereocenters. The summed E-state index contributed by atoms with van der Waals surface area (Å²) >= 11 is 0. The van der Waals surface area contributed by atoms with Crippen molar-refractivity contribution in [3.63, 3.8) is 0 Å². The average molecular weight is 220 g/mol. The number of nitrogens with zero attached hydrogens (tertiary/aromatic N) is 3. The van der Waals surface area contributed by atoms with Crippen molar-refractivity contribution in [2.24, 2.45) is 11.8 Å². The molecule has 2 aliphatic rings. The van der Waals surface area contributed by atoms with Crippen molar-refractivity contribution in [1.29, 1.82) is 0 Å². The maximum Gasteiger partial charge on any atom is 0.146 e. The number of nitrogens with one attached hydrogen (secondary N) is 1. The molecule has 2 bridgehead atoms. The van der Waals surface area contributed by atoms with Crippen molar-refractivity contribution in [3.8, 4) is 0 Å². The molecule has 2 aliphatic carbocycles. The lowest BCUT2D eigenvalue weighted by Gasteiger charge is -2.22. The summed E-state index contributed by atoms with van der Waals surface area (Å²) < 4.78 is 2.11. The molecule has 1 N–H and O–H groups in total. The summed E-state index contributed by atoms with van der Waals surface area (Å²) in [6, 6.07) is 0.737. The minimum absolute atomic E-state index is 0.737. The first kappa shape index (κ1) is 10.3. The van der Waals surface area contributed by atoms with Gasteiger partial charge in [0.15, 0.2) is 0 Å². The molecule has 0 aromatic carbocycles. The van der Waals surface area contributed by atoms with Gasteiger partial charge in [0.1, 0.15) is 12.2 Å². The van der Waals surface area contributed by atoms with Gasteiger partial charge in [0.2, 0.25) is 0 Å². The smallest absolute Gasteiger partial charge is 0.146 e. The van der Waals surface area contributed by atoms with Gasteiger partial charge in [-0.2, -0.15) is 0 Å². The third-order valence-electron chi connectivity index (χ3n) is 4.30. The molecule has 88 valence electrons. The molecular weight excluding hydrogens is 200 g/mol. The summed E-state index contributed by atoms with van der Waals surface area (Å²) in [5.74, 6) is 3.01. The van der Waals surface area contributed by atoms with Gasteiger partial charge >= 0.3 is 0 Å². The zero-order valence-corrected chi connectivity index (χ0v) is 9.89. The molecule has 3 unspecified atom stereocenters. The number of aromatic nitrogens is 3. The van der Waals surface area contributed by atoms with Crippen LogP contribution in [-0.2, 0) is 13.1 Å². The van der Waals surface area contributed by atoms with E-state index in [2.05, 4.69) is 27.0 Å². The van der Waals surface area contributed by atoms with Crippen LogP contribution in [0.25, 0.3) is 0 Å². The number of aryl methyl sites for hydroxylation is 1. The molecule has 0 amide bonds. The van der Waals surface area contributed by atoms with Crippen LogP contribution in [0.4, 0.5) is 0 Å². The summed E-state index contributed by atoms with van der Waals surface area (Å²) in [5.41, 5.74) is 0. The fourth-order valence-corrected chi connectivity index (χ4v) is 3.40. The van der Waals surface area contributed by atoms with E-state index in [1.54, 1.807) is 0 Å². The Balaban J connectivity index is 1.57. The van der Waals surface area contributed by atoms with Crippen molar-refractivity contribution in [2.75, 3.05) is 0 Å². The van der Waals surface area contributed by atoms with Crippen LogP contribution in [-0.4, -0.2) is 20.8 Å². The van der Waals surface area contributed by atoms with E-state index >= 15 is 0 Å². The second kappa shape index (κ2) is 4.17. The van der Waals surface area contributed by atoms with Gasteiger partial charge in [0.25, 0.3) is 0 Å². The van der Waals surface area contributed by atoms with E-state index in [9.17, 15) is 0 Å². The number of rotatable bonds is 4. The highest BCUT2D eigenvalue weighted by atomic mass is 15.3. The van der Waals surface area contributed by atoms with Gasteiger partial charge < -0.3 is 9.88 Å². The second-order valence-electron chi connectivity index (χ2n) is 5.20. The van der Waals surface area contributed by atoms with Crippen LogP contribution in [0.3, 0.4) is 0 Å². The largest absolute Gasteiger partial charge is 0.317 e. The van der Waals surface area contributed by atoms with Crippen LogP contribution in [0, 0.1) is 11.8 Å². The van der Waals surface area contributed by atoms with Gasteiger partial charge in [-0.05, 0) is 38.0 Å². The Morgan fingerprint density at radius 1 is 1.44 bits per heavy atom. The highest BCUT2D eigenvalue weighted by molar-refractivity contribution is 4.95. The number of fused-ring (bicyclic) bond motifs is 2. The molecule has 1 aromatic rings. The zero-order chi connectivity index (χ0) is 11.0. The van der Waals surface area contributed by atoms with Gasteiger partial charge in [0, 0.05) is 12.6 Å². The van der Waals surface area contributed by atoms with E-state index < -0.39 is 0 Å². The summed E-state index contributed by atoms with van der Waals surface area (Å²) in [4.78, 5) is 0. The third-order valence-corrected chi connectivity index (χ3v) is 4.30. The molecular formula is C12H20N4. The normalized spacial score (nSPS) is 32.4. The van der Waals surface area contributed by atoms with E-state index in [0.29, 0.717) is 0 Å². The number of hydrogen-bond acceptors (Lipinski definition) is 3. The average Bonchev–Trinajstić information content (AvgIpc) is 3.01. The molecule has 0 radical (unpaired) electrons. The van der Waals surface area contributed by atoms with Gasteiger partial charge in [-0.1, -0.05) is 6.42 Å². The molecule has 16 heavy (non-hydrogen) atoms. The first-order valence-electron chi connectivity index (χ1n) is 6.47. The monoisotopic (exact) mass is 220 g/mol. The Kier molecular flexibility index (Phi) is 2.67. The first-order chi connectivity index (χ1) is 7.86. The maximum atomic E-state index is 4.16. The fourth-order valence-electron chi connectivity index (χ4n) is 3.40. The van der Waals surface area contributed by atoms with Crippen molar-refractivity contribution in [2.45, 2.75) is 51.7 Å². The minimum atomic E-state index is 0.737. The predicted octanol–water partition coefficient (Wildman–Crippen LogP) is 1.58. The molecule has 4 heteroatoms. The van der Waals surface area contributed by atoms with E-state index in [1.807, 2.05) is 6.33 Å². The van der Waals surface area contributed by atoms with Crippen LogP contribution in [0.15, 0.2) is 6.33 Å². The molecule has 2 saturated carbocycles. The summed E-state index contributed by atoms with van der Waals surface area (Å²) in [7, 11) is 0. The molecule has 3 rings (SSSR count). The Morgan fingerprint density at radius 3 is 3.06 bits per heavy atom. The van der Waals surface area contributed by atoms with Gasteiger partial charge in [-0.25, -0.2) is 0 Å². The van der Waals surface area contributed by atoms with Crippen molar-refractivity contribution >= 4 is 0 Å². The molecule has 0 spiro atoms. The summed E-state index contributed by atoms with van der Waals surface area (Å²) in [6.07, 6.45) is 7.55. The third kappa shape index (κ3) is 1.75. The van der Waals surface area contributed by atoms with Crippen LogP contribution < -0.4 is 5.32 Å². The van der Waals surface area contributed by atoms with Gasteiger partial charge in [-0.3, -0.25) is 0 Å². The van der Waals surface area contributed by atoms with Crippen molar-refractivity contribution in [3.05, 3.63) is 12.2 Å². The molecule has 1 heterocycles. The van der Waals surface area contributed by atoms with E-state index in [1.165, 1.54) is 25.7 Å². The lowest BCUT2D eigenvalue weighted by molar-refractivity contribution is 0.346. The zero-order valence-electron chi connectivity index (χ0n) is 9.89. The lowest BCUT2D eigenvalue weighted by Crippen LogP contribution is -2.34. The Bertz CT molecular complexity index is 360. The molecule has 0 aliphatic heterocycles. The first-order valence-corrected chi connectivity index (χ1v) is 6.47. The molecule has 1 aromatic heterocycles. The van der Waals surface area contributed by atoms with Crippen LogP contribution in [0.1, 0.15) is 38.4 Å². The highest BCUT2D eigenvalue weighted by Gasteiger charge is 2.39. The van der Waals surface area contributed by atoms with Crippen LogP contribution >= 0.6 is 0 Å². The van der Waals surface area contributed by atoms with Gasteiger partial charge in [0.05, 0.1) is 6.54 Å². The van der Waals surface area contributed by atoms with E-state index in [4.69, 9.17) is 0 Å². The quantitative estimate of drug-likeness (QED) is 0.837. The number of hydrogen-bond donors (Lipinski definition) is 1. The minimum Gasteiger partial charge on any atom is -0.317 e. The standard InChI is InChI=1S/C12H20N4/c1-2-16-8-14-15-12(16)7-13-11-6-9-3-4-10(11)5-9/h8-11,13H,2-7H2,1H3. The van der Waals surface area contributed by atoms with Crippen LogP contribution in [0.5, 0.6) is 0 Å². The predicted molar refractivity (Wildman–Crippen MR) is 61.8 cm³/mol. The Morgan fingerprint density at radius 2 is 2.38 bits per heavy atom. The second-order valence-corrected chi connectivity index (χ2v) is 5.20. The summed E-state index contributed by atoms with van der Waals surface area (Å²) in [6.45, 7) is 3.97. The maximum absolute atomic E-state index is 4.16. The van der Waals surface area contributed by atoms with Crippen LogP contribution in [0.2, 0.25) is 0 Å². The van der Waals surface area contributed by atoms with Crippen molar-refractivity contribution < 1.29 is 0 Å². The summed E-state index contributed by atoms with van der Waals surface area (Å²) in [5, 5.41) is 11.8. The van der Waals surface area contributed by atoms with Gasteiger partial charge in [-0.15, -0.1) is 10.2 Å². The highest BCUT2D eigenvalue weighted by Crippen LogP contribution is 2.44. The Labute approximate surface area is 96.4 Å². The van der Waals surface area contributed by atoms with Crippen molar-refractivity contribution in [1.82, 2.24) is 20.1 Å². The van der Waals surface area contributed by atoms with E-state index in [-0.39, 0.29) is 0 Å². The Hall–Kier alpha value is -0.900. The SMILES string of the molecule is CCn1cnnc1CNC1CC2CCC1C2. The topological polar surface area (TPSA) is 42.7 Å². The lowest BCUT2D eigenvalue weighted by atomic mass is 9.95.